The summed E-state index contributed by atoms with van der Waals surface area (Å²) >= 11 is 0. The van der Waals surface area contributed by atoms with Crippen molar-refractivity contribution in [1.82, 2.24) is 0 Å². The van der Waals surface area contributed by atoms with Crippen LogP contribution in [-0.2, 0) is 17.1 Å². The van der Waals surface area contributed by atoms with Gasteiger partial charge in [-0.25, -0.2) is 0 Å². The van der Waals surface area contributed by atoms with Gasteiger partial charge in [0.1, 0.15) is 17.8 Å². The third-order valence-electron chi connectivity index (χ3n) is 3.01. The highest BCUT2D eigenvalue weighted by Crippen LogP contribution is 2.39. The summed E-state index contributed by atoms with van der Waals surface area (Å²) in [5, 5.41) is 0. The Kier molecular flexibility index (Phi) is 5.59. The van der Waals surface area contributed by atoms with Gasteiger partial charge in [0.2, 0.25) is 0 Å². The van der Waals surface area contributed by atoms with Crippen LogP contribution in [0.3, 0.4) is 0 Å². The normalized spacial score (nSPS) is 11.6. The summed E-state index contributed by atoms with van der Waals surface area (Å²) in [5.41, 5.74) is -2.35. The Morgan fingerprint density at radius 1 is 0.731 bits per heavy atom. The average Bonchev–Trinajstić information content (AvgIpc) is 2.54. The van der Waals surface area contributed by atoms with Gasteiger partial charge in [0.15, 0.2) is 0 Å². The van der Waals surface area contributed by atoms with Crippen LogP contribution in [0, 0.1) is 0 Å². The summed E-state index contributed by atoms with van der Waals surface area (Å²) in [6, 6.07) is 8.01. The Morgan fingerprint density at radius 2 is 1.12 bits per heavy atom. The molecule has 0 spiro atoms. The lowest BCUT2D eigenvalue weighted by atomic mass is 10.2. The van der Waals surface area contributed by atoms with Gasteiger partial charge in [-0.15, -0.1) is 0 Å². The van der Waals surface area contributed by atoms with Gasteiger partial charge in [-0.3, -0.25) is 4.79 Å². The van der Waals surface area contributed by atoms with Crippen molar-refractivity contribution in [1.29, 1.82) is 0 Å². The molecule has 0 saturated heterocycles. The van der Waals surface area contributed by atoms with Gasteiger partial charge >= 0.3 is 12.4 Å². The topological polar surface area (TPSA) is 35.5 Å². The lowest BCUT2D eigenvalue weighted by molar-refractivity contribution is -0.138. The second-order valence-corrected chi connectivity index (χ2v) is 4.81. The van der Waals surface area contributed by atoms with E-state index in [1.54, 1.807) is 0 Å². The fraction of sp³-hybridized carbons (Fsp3) is 0.118. The van der Waals surface area contributed by atoms with Gasteiger partial charge in [0, 0.05) is 0 Å². The fourth-order valence-corrected chi connectivity index (χ4v) is 1.94. The molecule has 0 radical (unpaired) electrons. The second kappa shape index (κ2) is 7.51. The number of para-hydroxylation sites is 2. The van der Waals surface area contributed by atoms with Crippen LogP contribution in [0.15, 0.2) is 60.6 Å². The quantitative estimate of drug-likeness (QED) is 0.311. The van der Waals surface area contributed by atoms with Gasteiger partial charge in [0.25, 0.3) is 5.95 Å². The maximum atomic E-state index is 13.0. The van der Waals surface area contributed by atoms with Crippen molar-refractivity contribution in [3.05, 3.63) is 71.7 Å². The maximum absolute atomic E-state index is 13.0. The Bertz CT molecular complexity index is 747. The summed E-state index contributed by atoms with van der Waals surface area (Å²) in [6.07, 6.45) is -8.86. The first-order valence-electron chi connectivity index (χ1n) is 6.96. The van der Waals surface area contributed by atoms with E-state index in [0.717, 1.165) is 36.4 Å². The lowest BCUT2D eigenvalue weighted by Gasteiger charge is -2.17. The minimum atomic E-state index is -4.77. The SMILES string of the molecule is O=CC=C(Oc1ccccc1C(F)(F)F)Oc1ccccc1C(F)(F)F. The highest BCUT2D eigenvalue weighted by Gasteiger charge is 2.36. The molecule has 0 fully saturated rings. The molecule has 0 saturated carbocycles. The van der Waals surface area contributed by atoms with E-state index in [4.69, 9.17) is 9.47 Å². The van der Waals surface area contributed by atoms with Gasteiger partial charge in [0.05, 0.1) is 17.2 Å². The minimum absolute atomic E-state index is 0.113. The van der Waals surface area contributed by atoms with E-state index in [9.17, 15) is 31.1 Å². The number of hydrogen-bond acceptors (Lipinski definition) is 3. The summed E-state index contributed by atoms with van der Waals surface area (Å²) in [7, 11) is 0. The maximum Gasteiger partial charge on any atom is 0.419 e. The zero-order valence-electron chi connectivity index (χ0n) is 12.8. The van der Waals surface area contributed by atoms with Crippen LogP contribution in [0.4, 0.5) is 26.3 Å². The van der Waals surface area contributed by atoms with Gasteiger partial charge in [-0.2, -0.15) is 26.3 Å². The molecular formula is C17H10F6O3. The van der Waals surface area contributed by atoms with Crippen LogP contribution in [0.25, 0.3) is 0 Å². The lowest BCUT2D eigenvalue weighted by Crippen LogP contribution is -2.13. The minimum Gasteiger partial charge on any atom is -0.425 e. The van der Waals surface area contributed by atoms with E-state index >= 15 is 0 Å². The van der Waals surface area contributed by atoms with E-state index < -0.39 is 40.9 Å². The molecule has 0 unspecified atom stereocenters. The Morgan fingerprint density at radius 3 is 1.46 bits per heavy atom. The number of hydrogen-bond donors (Lipinski definition) is 0. The number of allylic oxidation sites excluding steroid dienone is 1. The van der Waals surface area contributed by atoms with Crippen molar-refractivity contribution in [2.45, 2.75) is 12.4 Å². The number of halogens is 6. The van der Waals surface area contributed by atoms with E-state index in [-0.39, 0.29) is 6.29 Å². The first-order valence-corrected chi connectivity index (χ1v) is 6.96. The third-order valence-corrected chi connectivity index (χ3v) is 3.01. The molecule has 0 aromatic heterocycles. The number of carbonyl (C=O) groups is 1. The summed E-state index contributed by atoms with van der Waals surface area (Å²) in [4.78, 5) is 10.7. The molecule has 26 heavy (non-hydrogen) atoms. The largest absolute Gasteiger partial charge is 0.425 e. The summed E-state index contributed by atoms with van der Waals surface area (Å²) in [6.45, 7) is 0. The Labute approximate surface area is 143 Å². The second-order valence-electron chi connectivity index (χ2n) is 4.81. The van der Waals surface area contributed by atoms with E-state index in [1.807, 2.05) is 0 Å². The number of benzene rings is 2. The first-order chi connectivity index (χ1) is 12.1. The molecule has 0 aliphatic rings. The standard InChI is InChI=1S/C17H10F6O3/c18-16(19,20)11-5-1-3-7-13(11)25-15(9-10-24)26-14-8-4-2-6-12(14)17(21,22)23/h1-10H. The van der Waals surface area contributed by atoms with E-state index in [0.29, 0.717) is 6.08 Å². The molecule has 0 aliphatic heterocycles. The molecule has 0 bridgehead atoms. The van der Waals surface area contributed by atoms with Gasteiger partial charge in [-0.1, -0.05) is 24.3 Å². The Hall–Kier alpha value is -2.97. The number of alkyl halides is 6. The molecule has 0 N–H and O–H groups in total. The van der Waals surface area contributed by atoms with E-state index in [1.165, 1.54) is 12.1 Å². The molecule has 2 rings (SSSR count). The monoisotopic (exact) mass is 376 g/mol. The molecule has 9 heteroatoms. The van der Waals surface area contributed by atoms with Crippen LogP contribution in [0.5, 0.6) is 11.5 Å². The molecule has 0 amide bonds. The summed E-state index contributed by atoms with van der Waals surface area (Å²) < 4.78 is 87.6. The van der Waals surface area contributed by atoms with E-state index in [2.05, 4.69) is 0 Å². The zero-order valence-corrected chi connectivity index (χ0v) is 12.8. The third kappa shape index (κ3) is 4.78. The van der Waals surface area contributed by atoms with Crippen molar-refractivity contribution >= 4 is 6.29 Å². The number of rotatable bonds is 5. The number of ether oxygens (including phenoxy) is 2. The summed E-state index contributed by atoms with van der Waals surface area (Å²) in [5.74, 6) is -2.29. The molecule has 2 aromatic carbocycles. The molecular weight excluding hydrogens is 366 g/mol. The Balaban J connectivity index is 2.37. The molecule has 0 heterocycles. The fourth-order valence-electron chi connectivity index (χ4n) is 1.94. The van der Waals surface area contributed by atoms with Gasteiger partial charge < -0.3 is 9.47 Å². The predicted octanol–water partition coefficient (Wildman–Crippen LogP) is 5.22. The smallest absolute Gasteiger partial charge is 0.419 e. The van der Waals surface area contributed by atoms with Crippen LogP contribution >= 0.6 is 0 Å². The van der Waals surface area contributed by atoms with Crippen molar-refractivity contribution in [2.75, 3.05) is 0 Å². The first kappa shape index (κ1) is 19.4. The van der Waals surface area contributed by atoms with Crippen LogP contribution in [-0.4, -0.2) is 6.29 Å². The molecule has 3 nitrogen and oxygen atoms in total. The number of carbonyl (C=O) groups excluding carboxylic acids is 1. The average molecular weight is 376 g/mol. The van der Waals surface area contributed by atoms with Crippen LogP contribution in [0.1, 0.15) is 11.1 Å². The molecule has 0 aliphatic carbocycles. The van der Waals surface area contributed by atoms with Crippen molar-refractivity contribution in [3.63, 3.8) is 0 Å². The van der Waals surface area contributed by atoms with Gasteiger partial charge in [-0.05, 0) is 24.3 Å². The van der Waals surface area contributed by atoms with Crippen LogP contribution in [0.2, 0.25) is 0 Å². The molecule has 138 valence electrons. The molecule has 0 atom stereocenters. The highest BCUT2D eigenvalue weighted by molar-refractivity contribution is 5.65. The number of aldehydes is 1. The molecule has 2 aromatic rings. The highest BCUT2D eigenvalue weighted by atomic mass is 19.4. The van der Waals surface area contributed by atoms with Crippen molar-refractivity contribution in [2.24, 2.45) is 0 Å². The predicted molar refractivity (Wildman–Crippen MR) is 78.3 cm³/mol. The van der Waals surface area contributed by atoms with Crippen molar-refractivity contribution < 1.29 is 40.6 Å². The van der Waals surface area contributed by atoms with Crippen LogP contribution < -0.4 is 9.47 Å². The van der Waals surface area contributed by atoms with Crippen molar-refractivity contribution in [3.8, 4) is 11.5 Å². The zero-order chi connectivity index (χ0) is 19.4.